The molecule has 2 aliphatic carbocycles. The Kier molecular flexibility index (Phi) is 3.06. The minimum Gasteiger partial charge on any atom is -0.327 e. The van der Waals surface area contributed by atoms with Gasteiger partial charge in [0.1, 0.15) is 0 Å². The van der Waals surface area contributed by atoms with Crippen molar-refractivity contribution < 1.29 is 0 Å². The van der Waals surface area contributed by atoms with Gasteiger partial charge in [-0.1, -0.05) is 13.8 Å². The molecule has 0 aromatic rings. The van der Waals surface area contributed by atoms with Crippen molar-refractivity contribution in [2.75, 3.05) is 0 Å². The smallest absolute Gasteiger partial charge is 0.0101 e. The van der Waals surface area contributed by atoms with Gasteiger partial charge in [-0.05, 0) is 42.9 Å². The molecule has 2 fully saturated rings. The number of hydrogen-bond acceptors (Lipinski definition) is 1. The molecule has 1 nitrogen and oxygen atoms in total. The minimum atomic E-state index is 0. The van der Waals surface area contributed by atoms with E-state index in [4.69, 9.17) is 5.73 Å². The molecular formula is C10H20ClN. The van der Waals surface area contributed by atoms with Gasteiger partial charge in [-0.3, -0.25) is 0 Å². The van der Waals surface area contributed by atoms with E-state index < -0.39 is 0 Å². The molecule has 2 N–H and O–H groups in total. The maximum atomic E-state index is 6.17. The molecule has 2 rings (SSSR count). The zero-order valence-electron chi connectivity index (χ0n) is 7.99. The van der Waals surface area contributed by atoms with Gasteiger partial charge in [0.05, 0.1) is 0 Å². The van der Waals surface area contributed by atoms with Gasteiger partial charge < -0.3 is 5.73 Å². The molecule has 2 heteroatoms. The summed E-state index contributed by atoms with van der Waals surface area (Å²) in [6, 6.07) is 0.536. The van der Waals surface area contributed by atoms with Crippen LogP contribution in [0, 0.1) is 23.7 Å². The van der Waals surface area contributed by atoms with Crippen LogP contribution in [0.3, 0.4) is 0 Å². The maximum Gasteiger partial charge on any atom is 0.0101 e. The van der Waals surface area contributed by atoms with Gasteiger partial charge in [0.25, 0.3) is 0 Å². The van der Waals surface area contributed by atoms with Gasteiger partial charge in [-0.2, -0.15) is 0 Å². The molecule has 0 aliphatic heterocycles. The Morgan fingerprint density at radius 1 is 1.17 bits per heavy atom. The number of nitrogens with two attached hydrogens (primary N) is 1. The Morgan fingerprint density at radius 3 is 2.08 bits per heavy atom. The van der Waals surface area contributed by atoms with Crippen molar-refractivity contribution in [3.63, 3.8) is 0 Å². The van der Waals surface area contributed by atoms with E-state index in [9.17, 15) is 0 Å². The summed E-state index contributed by atoms with van der Waals surface area (Å²) in [5.74, 6) is 3.51. The Morgan fingerprint density at radius 2 is 1.75 bits per heavy atom. The lowest BCUT2D eigenvalue weighted by Crippen LogP contribution is -2.38. The Hall–Kier alpha value is 0.250. The minimum absolute atomic E-state index is 0. The van der Waals surface area contributed by atoms with Crippen molar-refractivity contribution in [3.05, 3.63) is 0 Å². The average Bonchev–Trinajstić information content (AvgIpc) is 2.44. The summed E-state index contributed by atoms with van der Waals surface area (Å²) in [7, 11) is 0. The van der Waals surface area contributed by atoms with Gasteiger partial charge >= 0.3 is 0 Å². The molecule has 0 amide bonds. The van der Waals surface area contributed by atoms with Crippen LogP contribution in [0.25, 0.3) is 0 Å². The van der Waals surface area contributed by atoms with Crippen molar-refractivity contribution in [2.24, 2.45) is 29.4 Å². The molecule has 2 bridgehead atoms. The zero-order valence-corrected chi connectivity index (χ0v) is 8.81. The van der Waals surface area contributed by atoms with E-state index in [2.05, 4.69) is 13.8 Å². The van der Waals surface area contributed by atoms with Crippen molar-refractivity contribution in [1.82, 2.24) is 0 Å². The summed E-state index contributed by atoms with van der Waals surface area (Å²) in [4.78, 5) is 0. The predicted octanol–water partition coefficient (Wildman–Crippen LogP) is 2.44. The first-order chi connectivity index (χ1) is 5.20. The highest BCUT2D eigenvalue weighted by atomic mass is 35.5. The highest BCUT2D eigenvalue weighted by Crippen LogP contribution is 2.50. The quantitative estimate of drug-likeness (QED) is 0.674. The normalized spacial score (nSPS) is 45.0. The van der Waals surface area contributed by atoms with Crippen LogP contribution in [0.2, 0.25) is 0 Å². The lowest BCUT2D eigenvalue weighted by atomic mass is 9.78. The van der Waals surface area contributed by atoms with Crippen LogP contribution < -0.4 is 5.73 Å². The van der Waals surface area contributed by atoms with Crippen LogP contribution in [-0.4, -0.2) is 6.04 Å². The summed E-state index contributed by atoms with van der Waals surface area (Å²) in [5.41, 5.74) is 6.17. The van der Waals surface area contributed by atoms with Crippen molar-refractivity contribution in [1.29, 1.82) is 0 Å². The van der Waals surface area contributed by atoms with Crippen molar-refractivity contribution >= 4 is 12.4 Å². The Labute approximate surface area is 81.5 Å². The summed E-state index contributed by atoms with van der Waals surface area (Å²) < 4.78 is 0. The van der Waals surface area contributed by atoms with Gasteiger partial charge in [-0.25, -0.2) is 0 Å². The van der Waals surface area contributed by atoms with E-state index in [1.807, 2.05) is 0 Å². The molecule has 0 radical (unpaired) electrons. The van der Waals surface area contributed by atoms with Crippen LogP contribution >= 0.6 is 12.4 Å². The van der Waals surface area contributed by atoms with Crippen LogP contribution in [0.4, 0.5) is 0 Å². The topological polar surface area (TPSA) is 26.0 Å². The Balaban J connectivity index is 0.000000720. The highest BCUT2D eigenvalue weighted by molar-refractivity contribution is 5.85. The van der Waals surface area contributed by atoms with Crippen LogP contribution in [-0.2, 0) is 0 Å². The maximum absolute atomic E-state index is 6.17. The predicted molar refractivity (Wildman–Crippen MR) is 54.4 cm³/mol. The summed E-state index contributed by atoms with van der Waals surface area (Å²) in [5, 5.41) is 0. The van der Waals surface area contributed by atoms with E-state index in [0.717, 1.165) is 23.7 Å². The van der Waals surface area contributed by atoms with Gasteiger partial charge in [0.15, 0.2) is 0 Å². The van der Waals surface area contributed by atoms with E-state index in [0.29, 0.717) is 6.04 Å². The first-order valence-electron chi connectivity index (χ1n) is 4.95. The van der Waals surface area contributed by atoms with Crippen molar-refractivity contribution in [3.8, 4) is 0 Å². The average molecular weight is 190 g/mol. The molecule has 2 aliphatic rings. The van der Waals surface area contributed by atoms with Crippen LogP contribution in [0.1, 0.15) is 33.1 Å². The third-order valence-electron chi connectivity index (χ3n) is 3.82. The fraction of sp³-hybridized carbons (Fsp3) is 1.00. The summed E-state index contributed by atoms with van der Waals surface area (Å²) in [6.07, 6.45) is 4.31. The molecule has 0 spiro atoms. The zero-order chi connectivity index (χ0) is 8.01. The second kappa shape index (κ2) is 3.55. The Bertz CT molecular complexity index is 156. The second-order valence-corrected chi connectivity index (χ2v) is 4.73. The molecule has 0 saturated heterocycles. The molecule has 0 heterocycles. The van der Waals surface area contributed by atoms with Crippen molar-refractivity contribution in [2.45, 2.75) is 39.2 Å². The van der Waals surface area contributed by atoms with Gasteiger partial charge in [-0.15, -0.1) is 12.4 Å². The lowest BCUT2D eigenvalue weighted by Gasteiger charge is -2.31. The number of halogens is 1. The molecule has 0 unspecified atom stereocenters. The molecule has 72 valence electrons. The third-order valence-corrected chi connectivity index (χ3v) is 3.82. The monoisotopic (exact) mass is 189 g/mol. The van der Waals surface area contributed by atoms with E-state index >= 15 is 0 Å². The van der Waals surface area contributed by atoms with E-state index in [-0.39, 0.29) is 12.4 Å². The second-order valence-electron chi connectivity index (χ2n) is 4.73. The SMILES string of the molecule is CC(C)[C@H]1[C@@H]2CC[C@@H](C2)[C@@H]1N.Cl. The van der Waals surface area contributed by atoms with E-state index in [1.54, 1.807) is 0 Å². The molecule has 4 atom stereocenters. The highest BCUT2D eigenvalue weighted by Gasteiger charge is 2.46. The van der Waals surface area contributed by atoms with E-state index in [1.165, 1.54) is 19.3 Å². The largest absolute Gasteiger partial charge is 0.327 e. The molecular weight excluding hydrogens is 170 g/mol. The number of hydrogen-bond donors (Lipinski definition) is 1. The number of fused-ring (bicyclic) bond motifs is 2. The molecule has 0 aromatic carbocycles. The fourth-order valence-electron chi connectivity index (χ4n) is 3.37. The molecule has 12 heavy (non-hydrogen) atoms. The van der Waals surface area contributed by atoms with Crippen LogP contribution in [0.15, 0.2) is 0 Å². The first kappa shape index (κ1) is 10.3. The van der Waals surface area contributed by atoms with Crippen LogP contribution in [0.5, 0.6) is 0 Å². The first-order valence-corrected chi connectivity index (χ1v) is 4.95. The summed E-state index contributed by atoms with van der Waals surface area (Å²) in [6.45, 7) is 4.65. The standard InChI is InChI=1S/C10H19N.ClH/c1-6(2)9-7-3-4-8(5-7)10(9)11;/h6-10H,3-5,11H2,1-2H3;1H/t7-,8+,9+,10+;/m1./s1. The molecule has 2 saturated carbocycles. The summed E-state index contributed by atoms with van der Waals surface area (Å²) >= 11 is 0. The van der Waals surface area contributed by atoms with Gasteiger partial charge in [0.2, 0.25) is 0 Å². The number of rotatable bonds is 1. The molecule has 0 aromatic heterocycles. The third kappa shape index (κ3) is 1.38. The fourth-order valence-corrected chi connectivity index (χ4v) is 3.37. The van der Waals surface area contributed by atoms with Gasteiger partial charge in [0, 0.05) is 6.04 Å². The lowest BCUT2D eigenvalue weighted by molar-refractivity contribution is 0.222.